The van der Waals surface area contributed by atoms with Crippen molar-refractivity contribution in [3.63, 3.8) is 0 Å². The fraction of sp³-hybridized carbons (Fsp3) is 0.350. The normalized spacial score (nSPS) is 12.1. The number of carbonyl (C=O) groups excluding carboxylic acids is 3. The Kier molecular flexibility index (Phi) is 8.76. The number of esters is 1. The van der Waals surface area contributed by atoms with Crippen LogP contribution in [0.4, 0.5) is 0 Å². The van der Waals surface area contributed by atoms with Crippen molar-refractivity contribution in [2.75, 3.05) is 13.1 Å². The molecule has 0 aliphatic carbocycles. The summed E-state index contributed by atoms with van der Waals surface area (Å²) in [5.41, 5.74) is 0.814. The van der Waals surface area contributed by atoms with Gasteiger partial charge in [-0.3, -0.25) is 14.4 Å². The highest BCUT2D eigenvalue weighted by Gasteiger charge is 2.17. The summed E-state index contributed by atoms with van der Waals surface area (Å²) in [6.45, 7) is 2.01. The van der Waals surface area contributed by atoms with E-state index in [1.54, 1.807) is 18.2 Å². The van der Waals surface area contributed by atoms with Gasteiger partial charge < -0.3 is 19.8 Å². The molecular weight excluding hydrogens is 426 g/mol. The van der Waals surface area contributed by atoms with Crippen LogP contribution in [-0.2, 0) is 30.8 Å². The maximum Gasteiger partial charge on any atom is 0.306 e. The van der Waals surface area contributed by atoms with Crippen LogP contribution in [0.1, 0.15) is 35.9 Å². The molecule has 0 saturated carbocycles. The van der Waals surface area contributed by atoms with Gasteiger partial charge in [-0.05, 0) is 49.6 Å². The number of ether oxygens (including phenoxy) is 1. The summed E-state index contributed by atoms with van der Waals surface area (Å²) in [5.74, 6) is -1.17. The summed E-state index contributed by atoms with van der Waals surface area (Å²) in [6.07, 6.45) is 1.30. The Hall–Kier alpha value is -3.18. The van der Waals surface area contributed by atoms with Gasteiger partial charge in [0.25, 0.3) is 11.8 Å². The molecule has 0 aliphatic rings. The van der Waals surface area contributed by atoms with Crippen molar-refractivity contribution in [1.29, 1.82) is 0 Å². The van der Waals surface area contributed by atoms with Crippen LogP contribution in [0.2, 0.25) is 0 Å². The second-order valence-electron chi connectivity index (χ2n) is 6.70. The summed E-state index contributed by atoms with van der Waals surface area (Å²) in [5, 5.41) is 10.3. The van der Waals surface area contributed by atoms with E-state index < -0.39 is 28.0 Å². The Balaban J connectivity index is 1.62. The van der Waals surface area contributed by atoms with E-state index in [0.717, 1.165) is 5.56 Å². The second kappa shape index (κ2) is 11.3. The lowest BCUT2D eigenvalue weighted by Gasteiger charge is -2.13. The predicted octanol–water partition coefficient (Wildman–Crippen LogP) is 0.728. The summed E-state index contributed by atoms with van der Waals surface area (Å²) in [7, 11) is -3.74. The Morgan fingerprint density at radius 1 is 1.10 bits per heavy atom. The van der Waals surface area contributed by atoms with Crippen molar-refractivity contribution in [2.24, 2.45) is 5.14 Å². The lowest BCUT2D eigenvalue weighted by Crippen LogP contribution is -2.37. The van der Waals surface area contributed by atoms with Crippen LogP contribution in [0.5, 0.6) is 0 Å². The summed E-state index contributed by atoms with van der Waals surface area (Å²) in [4.78, 5) is 35.6. The van der Waals surface area contributed by atoms with Gasteiger partial charge in [0.1, 0.15) is 0 Å². The van der Waals surface area contributed by atoms with Crippen LogP contribution in [0.25, 0.3) is 0 Å². The SMILES string of the molecule is CC(OC(=O)CCCNC(=O)c1ccco1)C(=O)NCCc1ccc(S(N)(=O)=O)cc1. The molecule has 1 atom stereocenters. The Morgan fingerprint density at radius 3 is 2.42 bits per heavy atom. The third-order valence-corrected chi connectivity index (χ3v) is 5.16. The van der Waals surface area contributed by atoms with Gasteiger partial charge in [-0.25, -0.2) is 13.6 Å². The van der Waals surface area contributed by atoms with Gasteiger partial charge >= 0.3 is 5.97 Å². The van der Waals surface area contributed by atoms with E-state index >= 15 is 0 Å². The third kappa shape index (κ3) is 8.22. The smallest absolute Gasteiger partial charge is 0.306 e. The highest BCUT2D eigenvalue weighted by Crippen LogP contribution is 2.09. The standard InChI is InChI=1S/C20H25N3O7S/c1-14(30-18(24)5-2-11-22-20(26)17-4-3-13-29-17)19(25)23-12-10-15-6-8-16(9-7-15)31(21,27)28/h3-4,6-9,13-14H,2,5,10-12H2,1H3,(H,22,26)(H,23,25)(H2,21,27,28). The van der Waals surface area contributed by atoms with Gasteiger partial charge in [0.05, 0.1) is 11.2 Å². The van der Waals surface area contributed by atoms with Gasteiger partial charge in [-0.1, -0.05) is 12.1 Å². The number of primary sulfonamides is 1. The molecule has 2 rings (SSSR count). The number of hydrogen-bond donors (Lipinski definition) is 3. The summed E-state index contributed by atoms with van der Waals surface area (Å²) in [6, 6.07) is 9.15. The topological polar surface area (TPSA) is 158 Å². The minimum absolute atomic E-state index is 0.0151. The summed E-state index contributed by atoms with van der Waals surface area (Å²) < 4.78 is 32.5. The fourth-order valence-corrected chi connectivity index (χ4v) is 3.07. The van der Waals surface area contributed by atoms with Gasteiger partial charge in [0, 0.05) is 19.5 Å². The van der Waals surface area contributed by atoms with Gasteiger partial charge in [0.15, 0.2) is 11.9 Å². The molecule has 0 saturated heterocycles. The lowest BCUT2D eigenvalue weighted by atomic mass is 10.1. The maximum atomic E-state index is 12.1. The number of nitrogens with two attached hydrogens (primary N) is 1. The molecular formula is C20H25N3O7S. The predicted molar refractivity (Wildman–Crippen MR) is 110 cm³/mol. The molecule has 0 aliphatic heterocycles. The van der Waals surface area contributed by atoms with Crippen LogP contribution in [0, 0.1) is 0 Å². The molecule has 0 radical (unpaired) electrons. The quantitative estimate of drug-likeness (QED) is 0.335. The van der Waals surface area contributed by atoms with E-state index in [9.17, 15) is 22.8 Å². The Labute approximate surface area is 180 Å². The number of rotatable bonds is 11. The van der Waals surface area contributed by atoms with E-state index in [-0.39, 0.29) is 36.1 Å². The molecule has 2 amide bonds. The number of nitrogens with one attached hydrogen (secondary N) is 2. The summed E-state index contributed by atoms with van der Waals surface area (Å²) >= 11 is 0. The molecule has 4 N–H and O–H groups in total. The van der Waals surface area contributed by atoms with Crippen LogP contribution in [0.15, 0.2) is 52.0 Å². The Bertz CT molecular complexity index is 986. The first-order chi connectivity index (χ1) is 14.7. The molecule has 2 aromatic rings. The van der Waals surface area contributed by atoms with Crippen LogP contribution >= 0.6 is 0 Å². The first kappa shape index (κ1) is 24.1. The molecule has 168 valence electrons. The largest absolute Gasteiger partial charge is 0.459 e. The van der Waals surface area contributed by atoms with E-state index in [0.29, 0.717) is 12.8 Å². The highest BCUT2D eigenvalue weighted by molar-refractivity contribution is 7.89. The molecule has 0 fully saturated rings. The number of furan rings is 1. The molecule has 1 heterocycles. The Morgan fingerprint density at radius 2 is 1.81 bits per heavy atom. The number of benzene rings is 1. The number of sulfonamides is 1. The van der Waals surface area contributed by atoms with Crippen molar-refractivity contribution in [1.82, 2.24) is 10.6 Å². The second-order valence-corrected chi connectivity index (χ2v) is 8.26. The molecule has 31 heavy (non-hydrogen) atoms. The first-order valence-corrected chi connectivity index (χ1v) is 11.1. The van der Waals surface area contributed by atoms with Gasteiger partial charge in [-0.15, -0.1) is 0 Å². The van der Waals surface area contributed by atoms with Crippen molar-refractivity contribution < 1.29 is 32.0 Å². The monoisotopic (exact) mass is 451 g/mol. The zero-order valence-electron chi connectivity index (χ0n) is 17.0. The van der Waals surface area contributed by atoms with Crippen molar-refractivity contribution in [3.8, 4) is 0 Å². The van der Waals surface area contributed by atoms with E-state index in [1.807, 2.05) is 0 Å². The maximum absolute atomic E-state index is 12.1. The van der Waals surface area contributed by atoms with Crippen LogP contribution in [0.3, 0.4) is 0 Å². The van der Waals surface area contributed by atoms with Crippen molar-refractivity contribution in [3.05, 3.63) is 54.0 Å². The van der Waals surface area contributed by atoms with E-state index in [4.69, 9.17) is 14.3 Å². The van der Waals surface area contributed by atoms with E-state index in [2.05, 4.69) is 10.6 Å². The van der Waals surface area contributed by atoms with E-state index in [1.165, 1.54) is 31.4 Å². The number of hydrogen-bond acceptors (Lipinski definition) is 7. The lowest BCUT2D eigenvalue weighted by molar-refractivity contribution is -0.154. The van der Waals surface area contributed by atoms with Crippen LogP contribution < -0.4 is 15.8 Å². The molecule has 0 bridgehead atoms. The zero-order chi connectivity index (χ0) is 22.9. The fourth-order valence-electron chi connectivity index (χ4n) is 2.56. The number of amides is 2. The van der Waals surface area contributed by atoms with Crippen molar-refractivity contribution in [2.45, 2.75) is 37.2 Å². The molecule has 0 spiro atoms. The molecule has 1 aromatic carbocycles. The van der Waals surface area contributed by atoms with Gasteiger partial charge in [0.2, 0.25) is 10.0 Å². The van der Waals surface area contributed by atoms with Gasteiger partial charge in [-0.2, -0.15) is 0 Å². The average Bonchev–Trinajstić information content (AvgIpc) is 3.25. The third-order valence-electron chi connectivity index (χ3n) is 4.23. The minimum atomic E-state index is -3.74. The highest BCUT2D eigenvalue weighted by atomic mass is 32.2. The van der Waals surface area contributed by atoms with Crippen molar-refractivity contribution >= 4 is 27.8 Å². The molecule has 11 heteroatoms. The first-order valence-electron chi connectivity index (χ1n) is 9.57. The van der Waals surface area contributed by atoms with Crippen LogP contribution in [-0.4, -0.2) is 45.4 Å². The number of carbonyl (C=O) groups is 3. The molecule has 10 nitrogen and oxygen atoms in total. The molecule has 1 unspecified atom stereocenters. The average molecular weight is 452 g/mol. The molecule has 1 aromatic heterocycles. The minimum Gasteiger partial charge on any atom is -0.459 e. The zero-order valence-corrected chi connectivity index (χ0v) is 17.8.